The molecule has 5 nitrogen and oxygen atoms in total. The zero-order chi connectivity index (χ0) is 14.1. The van der Waals surface area contributed by atoms with Crippen molar-refractivity contribution in [2.24, 2.45) is 5.73 Å². The highest BCUT2D eigenvalue weighted by Gasteiger charge is 2.10. The molecule has 106 valence electrons. The number of benzene rings is 1. The number of hydrogen-bond acceptors (Lipinski definition) is 4. The van der Waals surface area contributed by atoms with Gasteiger partial charge >= 0.3 is 0 Å². The van der Waals surface area contributed by atoms with Gasteiger partial charge in [-0.15, -0.1) is 0 Å². The van der Waals surface area contributed by atoms with E-state index < -0.39 is 0 Å². The van der Waals surface area contributed by atoms with Crippen LogP contribution >= 0.6 is 0 Å². The van der Waals surface area contributed by atoms with Gasteiger partial charge in [0.1, 0.15) is 0 Å². The molecule has 1 atom stereocenters. The number of amides is 1. The molecule has 5 heteroatoms. The van der Waals surface area contributed by atoms with Crippen LogP contribution in [0.25, 0.3) is 0 Å². The summed E-state index contributed by atoms with van der Waals surface area (Å²) in [4.78, 5) is 12.0. The summed E-state index contributed by atoms with van der Waals surface area (Å²) in [6.07, 6.45) is 0.632. The summed E-state index contributed by atoms with van der Waals surface area (Å²) in [5.74, 6) is -0.114. The largest absolute Gasteiger partial charge is 0.382 e. The zero-order valence-electron chi connectivity index (χ0n) is 11.5. The maximum absolute atomic E-state index is 12.0. The first-order chi connectivity index (χ1) is 9.21. The Bertz CT molecular complexity index is 396. The van der Waals surface area contributed by atoms with Crippen molar-refractivity contribution >= 4 is 5.91 Å². The average Bonchev–Trinajstić information content (AvgIpc) is 2.43. The SMILES string of the molecule is COCC(CNC(=O)c1cccc(CCN)c1)OC. The zero-order valence-corrected chi connectivity index (χ0v) is 11.5. The molecule has 1 rings (SSSR count). The maximum atomic E-state index is 12.0. The number of carbonyl (C=O) groups excluding carboxylic acids is 1. The van der Waals surface area contributed by atoms with Crippen LogP contribution < -0.4 is 11.1 Å². The van der Waals surface area contributed by atoms with Crippen molar-refractivity contribution in [2.45, 2.75) is 12.5 Å². The number of methoxy groups -OCH3 is 2. The van der Waals surface area contributed by atoms with Gasteiger partial charge in [-0.2, -0.15) is 0 Å². The Balaban J connectivity index is 2.55. The van der Waals surface area contributed by atoms with Crippen LogP contribution in [0, 0.1) is 0 Å². The number of rotatable bonds is 8. The number of nitrogens with two attached hydrogens (primary N) is 1. The molecule has 0 bridgehead atoms. The third kappa shape index (κ3) is 5.38. The molecule has 0 saturated heterocycles. The highest BCUT2D eigenvalue weighted by molar-refractivity contribution is 5.94. The van der Waals surface area contributed by atoms with Crippen molar-refractivity contribution in [3.05, 3.63) is 35.4 Å². The van der Waals surface area contributed by atoms with E-state index in [1.54, 1.807) is 20.3 Å². The minimum atomic E-state index is -0.138. The lowest BCUT2D eigenvalue weighted by molar-refractivity contribution is 0.0285. The minimum Gasteiger partial charge on any atom is -0.382 e. The first-order valence-electron chi connectivity index (χ1n) is 6.30. The quantitative estimate of drug-likeness (QED) is 0.722. The Morgan fingerprint density at radius 3 is 2.84 bits per heavy atom. The van der Waals surface area contributed by atoms with E-state index in [1.807, 2.05) is 18.2 Å². The lowest BCUT2D eigenvalue weighted by Gasteiger charge is -2.15. The van der Waals surface area contributed by atoms with Crippen molar-refractivity contribution in [2.75, 3.05) is 33.9 Å². The molecular weight excluding hydrogens is 244 g/mol. The predicted molar refractivity (Wildman–Crippen MR) is 74.2 cm³/mol. The van der Waals surface area contributed by atoms with Gasteiger partial charge in [-0.05, 0) is 30.7 Å². The molecule has 0 aromatic heterocycles. The second-order valence-corrected chi connectivity index (χ2v) is 4.26. The second-order valence-electron chi connectivity index (χ2n) is 4.26. The van der Waals surface area contributed by atoms with Crippen molar-refractivity contribution in [3.63, 3.8) is 0 Å². The van der Waals surface area contributed by atoms with E-state index in [0.29, 0.717) is 25.3 Å². The van der Waals surface area contributed by atoms with Gasteiger partial charge in [0.25, 0.3) is 5.91 Å². The molecule has 1 aromatic rings. The highest BCUT2D eigenvalue weighted by Crippen LogP contribution is 2.05. The van der Waals surface area contributed by atoms with Gasteiger partial charge in [0.15, 0.2) is 0 Å². The first-order valence-corrected chi connectivity index (χ1v) is 6.30. The molecule has 0 aliphatic heterocycles. The molecule has 0 radical (unpaired) electrons. The van der Waals surface area contributed by atoms with E-state index in [4.69, 9.17) is 15.2 Å². The molecule has 19 heavy (non-hydrogen) atoms. The van der Waals surface area contributed by atoms with E-state index >= 15 is 0 Å². The molecule has 1 unspecified atom stereocenters. The summed E-state index contributed by atoms with van der Waals surface area (Å²) in [6, 6.07) is 7.48. The maximum Gasteiger partial charge on any atom is 0.251 e. The van der Waals surface area contributed by atoms with Gasteiger partial charge < -0.3 is 20.5 Å². The molecular formula is C14H22N2O3. The monoisotopic (exact) mass is 266 g/mol. The summed E-state index contributed by atoms with van der Waals surface area (Å²) < 4.78 is 10.2. The molecule has 0 aliphatic rings. The number of hydrogen-bond donors (Lipinski definition) is 2. The fraction of sp³-hybridized carbons (Fsp3) is 0.500. The number of carbonyl (C=O) groups is 1. The molecule has 0 fully saturated rings. The van der Waals surface area contributed by atoms with Crippen molar-refractivity contribution in [1.82, 2.24) is 5.32 Å². The number of ether oxygens (including phenoxy) is 2. The van der Waals surface area contributed by atoms with E-state index in [2.05, 4.69) is 5.32 Å². The first kappa shape index (κ1) is 15.6. The Morgan fingerprint density at radius 2 is 2.21 bits per heavy atom. The fourth-order valence-electron chi connectivity index (χ4n) is 1.74. The molecule has 1 aromatic carbocycles. The van der Waals surface area contributed by atoms with Gasteiger partial charge in [0, 0.05) is 26.3 Å². The molecule has 1 amide bonds. The minimum absolute atomic E-state index is 0.114. The predicted octanol–water partition coefficient (Wildman–Crippen LogP) is 0.579. The van der Waals surface area contributed by atoms with E-state index in [0.717, 1.165) is 12.0 Å². The van der Waals surface area contributed by atoms with Gasteiger partial charge in [0.2, 0.25) is 0 Å². The Kier molecular flexibility index (Phi) is 7.10. The topological polar surface area (TPSA) is 73.6 Å². The average molecular weight is 266 g/mol. The van der Waals surface area contributed by atoms with Crippen LogP contribution in [0.4, 0.5) is 0 Å². The Hall–Kier alpha value is -1.43. The smallest absolute Gasteiger partial charge is 0.251 e. The summed E-state index contributed by atoms with van der Waals surface area (Å²) in [5.41, 5.74) is 7.21. The fourth-order valence-corrected chi connectivity index (χ4v) is 1.74. The van der Waals surface area contributed by atoms with Crippen LogP contribution in [-0.4, -0.2) is 45.9 Å². The Morgan fingerprint density at radius 1 is 1.42 bits per heavy atom. The summed E-state index contributed by atoms with van der Waals surface area (Å²) in [7, 11) is 3.20. The second kappa shape index (κ2) is 8.63. The normalized spacial score (nSPS) is 12.2. The third-order valence-electron chi connectivity index (χ3n) is 2.80. The summed E-state index contributed by atoms with van der Waals surface area (Å²) >= 11 is 0. The van der Waals surface area contributed by atoms with Crippen molar-refractivity contribution in [1.29, 1.82) is 0 Å². The Labute approximate surface area is 114 Å². The van der Waals surface area contributed by atoms with Gasteiger partial charge in [-0.25, -0.2) is 0 Å². The molecule has 0 aliphatic carbocycles. The van der Waals surface area contributed by atoms with E-state index in [-0.39, 0.29) is 12.0 Å². The van der Waals surface area contributed by atoms with E-state index in [1.165, 1.54) is 0 Å². The molecule has 0 heterocycles. The van der Waals surface area contributed by atoms with Gasteiger partial charge in [-0.3, -0.25) is 4.79 Å². The van der Waals surface area contributed by atoms with Crippen molar-refractivity contribution < 1.29 is 14.3 Å². The molecule has 3 N–H and O–H groups in total. The number of nitrogens with one attached hydrogen (secondary N) is 1. The lowest BCUT2D eigenvalue weighted by atomic mass is 10.1. The standard InChI is InChI=1S/C14H22N2O3/c1-18-10-13(19-2)9-16-14(17)12-5-3-4-11(8-12)6-7-15/h3-5,8,13H,6-7,9-10,15H2,1-2H3,(H,16,17). The summed E-state index contributed by atoms with van der Waals surface area (Å²) in [5, 5.41) is 2.83. The van der Waals surface area contributed by atoms with Crippen LogP contribution in [-0.2, 0) is 15.9 Å². The third-order valence-corrected chi connectivity index (χ3v) is 2.80. The molecule has 0 spiro atoms. The van der Waals surface area contributed by atoms with Crippen LogP contribution in [0.3, 0.4) is 0 Å². The highest BCUT2D eigenvalue weighted by atomic mass is 16.5. The summed E-state index contributed by atoms with van der Waals surface area (Å²) in [6.45, 7) is 1.44. The lowest BCUT2D eigenvalue weighted by Crippen LogP contribution is -2.35. The van der Waals surface area contributed by atoms with Crippen LogP contribution in [0.5, 0.6) is 0 Å². The molecule has 0 saturated carbocycles. The van der Waals surface area contributed by atoms with E-state index in [9.17, 15) is 4.79 Å². The van der Waals surface area contributed by atoms with Crippen LogP contribution in [0.1, 0.15) is 15.9 Å². The van der Waals surface area contributed by atoms with Gasteiger partial charge in [-0.1, -0.05) is 12.1 Å². The van der Waals surface area contributed by atoms with Crippen molar-refractivity contribution in [3.8, 4) is 0 Å². The van der Waals surface area contributed by atoms with Crippen LogP contribution in [0.15, 0.2) is 24.3 Å². The van der Waals surface area contributed by atoms with Crippen LogP contribution in [0.2, 0.25) is 0 Å². The van der Waals surface area contributed by atoms with Gasteiger partial charge in [0.05, 0.1) is 12.7 Å².